The Morgan fingerprint density at radius 3 is 2.81 bits per heavy atom. The fourth-order valence-corrected chi connectivity index (χ4v) is 4.24. The van der Waals surface area contributed by atoms with Crippen LogP contribution in [-0.2, 0) is 0 Å². The second kappa shape index (κ2) is 8.81. The number of ether oxygens (including phenoxy) is 1. The Bertz CT molecular complexity index is 1320. The summed E-state index contributed by atoms with van der Waals surface area (Å²) in [7, 11) is 1.57. The molecule has 1 amide bonds. The highest BCUT2D eigenvalue weighted by molar-refractivity contribution is 14.1. The first-order valence-corrected chi connectivity index (χ1v) is 10.7. The van der Waals surface area contributed by atoms with Gasteiger partial charge in [-0.25, -0.2) is 4.98 Å². The second-order valence-corrected chi connectivity index (χ2v) is 8.28. The number of anilines is 1. The van der Waals surface area contributed by atoms with Crippen molar-refractivity contribution in [2.75, 3.05) is 12.1 Å². The van der Waals surface area contributed by atoms with Crippen LogP contribution in [0.3, 0.4) is 0 Å². The van der Waals surface area contributed by atoms with Crippen molar-refractivity contribution in [1.82, 2.24) is 4.98 Å². The van der Waals surface area contributed by atoms with Gasteiger partial charge in [-0.3, -0.25) is 14.9 Å². The fourth-order valence-electron chi connectivity index (χ4n) is 2.67. The first-order valence-electron chi connectivity index (χ1n) is 8.78. The lowest BCUT2D eigenvalue weighted by molar-refractivity contribution is -0.402. The summed E-state index contributed by atoms with van der Waals surface area (Å²) < 4.78 is 11.9. The molecule has 0 saturated heterocycles. The molecule has 4 rings (SSSR count). The maximum Gasteiger partial charge on any atom is 0.433 e. The van der Waals surface area contributed by atoms with Crippen LogP contribution in [0, 0.1) is 13.7 Å². The predicted molar refractivity (Wildman–Crippen MR) is 125 cm³/mol. The second-order valence-electron chi connectivity index (χ2n) is 6.10. The zero-order valence-electron chi connectivity index (χ0n) is 15.9. The van der Waals surface area contributed by atoms with E-state index in [2.05, 4.69) is 32.7 Å². The van der Waals surface area contributed by atoms with Crippen LogP contribution in [0.4, 0.5) is 11.0 Å². The molecule has 0 fully saturated rings. The maximum atomic E-state index is 13.3. The van der Waals surface area contributed by atoms with E-state index in [4.69, 9.17) is 9.15 Å². The van der Waals surface area contributed by atoms with Gasteiger partial charge in [-0.15, -0.1) is 0 Å². The normalized spacial score (nSPS) is 11.2. The summed E-state index contributed by atoms with van der Waals surface area (Å²) in [5, 5.41) is 16.6. The number of methoxy groups -OCH3 is 1. The maximum absolute atomic E-state index is 13.3. The molecule has 0 radical (unpaired) electrons. The van der Waals surface area contributed by atoms with Crippen molar-refractivity contribution >= 4 is 67.3 Å². The Kier molecular flexibility index (Phi) is 5.95. The number of thiazole rings is 1. The van der Waals surface area contributed by atoms with E-state index in [0.29, 0.717) is 22.0 Å². The molecular formula is C20H13IN4O5S. The quantitative estimate of drug-likeness (QED) is 0.144. The van der Waals surface area contributed by atoms with Crippen molar-refractivity contribution in [3.63, 3.8) is 0 Å². The molecule has 2 aromatic carbocycles. The number of fused-ring (bicyclic) bond motifs is 1. The van der Waals surface area contributed by atoms with Gasteiger partial charge in [0, 0.05) is 3.57 Å². The number of hydrogen-bond donors (Lipinski definition) is 0. The third-order valence-electron chi connectivity index (χ3n) is 4.16. The molecule has 4 aromatic rings. The van der Waals surface area contributed by atoms with Crippen LogP contribution >= 0.6 is 33.9 Å². The van der Waals surface area contributed by atoms with Gasteiger partial charge >= 0.3 is 5.88 Å². The van der Waals surface area contributed by atoms with Crippen LogP contribution in [0.5, 0.6) is 5.75 Å². The Balaban J connectivity index is 1.76. The van der Waals surface area contributed by atoms with Gasteiger partial charge in [0.05, 0.1) is 35.2 Å². The first kappa shape index (κ1) is 20.9. The number of amides is 1. The van der Waals surface area contributed by atoms with E-state index in [1.807, 2.05) is 18.2 Å². The van der Waals surface area contributed by atoms with Crippen molar-refractivity contribution in [2.45, 2.75) is 0 Å². The molecule has 0 aliphatic rings. The molecule has 0 unspecified atom stereocenters. The topological polar surface area (TPSA) is 111 Å². The fraction of sp³-hybridized carbons (Fsp3) is 0.0500. The monoisotopic (exact) mass is 548 g/mol. The molecule has 2 aromatic heterocycles. The number of furan rings is 1. The number of hydrazone groups is 1. The third kappa shape index (κ3) is 4.41. The van der Waals surface area contributed by atoms with Crippen LogP contribution in [0.2, 0.25) is 0 Å². The van der Waals surface area contributed by atoms with E-state index in [1.54, 1.807) is 31.4 Å². The van der Waals surface area contributed by atoms with E-state index in [1.165, 1.54) is 29.7 Å². The number of rotatable bonds is 6. The molecule has 9 nitrogen and oxygen atoms in total. The van der Waals surface area contributed by atoms with Gasteiger partial charge in [0.25, 0.3) is 5.91 Å². The van der Waals surface area contributed by atoms with Crippen molar-refractivity contribution in [3.8, 4) is 5.75 Å². The van der Waals surface area contributed by atoms with Crippen LogP contribution in [-0.4, -0.2) is 29.1 Å². The van der Waals surface area contributed by atoms with Crippen LogP contribution in [0.1, 0.15) is 16.1 Å². The molecular weight excluding hydrogens is 535 g/mol. The summed E-state index contributed by atoms with van der Waals surface area (Å²) in [6.45, 7) is 0. The van der Waals surface area contributed by atoms with Crippen molar-refractivity contribution in [3.05, 3.63) is 79.6 Å². The van der Waals surface area contributed by atoms with E-state index < -0.39 is 16.7 Å². The number of nitrogens with zero attached hydrogens (tertiary/aromatic N) is 4. The van der Waals surface area contributed by atoms with Crippen LogP contribution in [0.25, 0.3) is 10.2 Å². The number of nitro groups is 1. The Morgan fingerprint density at radius 2 is 2.10 bits per heavy atom. The molecule has 31 heavy (non-hydrogen) atoms. The summed E-state index contributed by atoms with van der Waals surface area (Å²) in [5.41, 5.74) is 1.13. The predicted octanol–water partition coefficient (Wildman–Crippen LogP) is 5.09. The highest BCUT2D eigenvalue weighted by Crippen LogP contribution is 2.33. The van der Waals surface area contributed by atoms with Gasteiger partial charge in [-0.1, -0.05) is 23.5 Å². The lowest BCUT2D eigenvalue weighted by atomic mass is 10.2. The van der Waals surface area contributed by atoms with Crippen molar-refractivity contribution in [2.24, 2.45) is 5.10 Å². The van der Waals surface area contributed by atoms with Crippen molar-refractivity contribution < 1.29 is 18.9 Å². The van der Waals surface area contributed by atoms with Gasteiger partial charge in [0.2, 0.25) is 5.13 Å². The highest BCUT2D eigenvalue weighted by atomic mass is 127. The van der Waals surface area contributed by atoms with Gasteiger partial charge in [0.15, 0.2) is 5.76 Å². The number of hydrogen-bond acceptors (Lipinski definition) is 8. The molecule has 0 aliphatic carbocycles. The molecule has 0 atom stereocenters. The van der Waals surface area contributed by atoms with Crippen molar-refractivity contribution in [1.29, 1.82) is 0 Å². The summed E-state index contributed by atoms with van der Waals surface area (Å²) in [4.78, 5) is 28.0. The molecule has 11 heteroatoms. The van der Waals surface area contributed by atoms with Gasteiger partial charge in [-0.05, 0) is 59.0 Å². The summed E-state index contributed by atoms with van der Waals surface area (Å²) in [6.07, 6.45) is 1.24. The summed E-state index contributed by atoms with van der Waals surface area (Å²) >= 11 is 3.34. The zero-order chi connectivity index (χ0) is 22.0. The minimum Gasteiger partial charge on any atom is -0.497 e. The Morgan fingerprint density at radius 1 is 1.29 bits per heavy atom. The Labute approximate surface area is 193 Å². The number of halogens is 1. The van der Waals surface area contributed by atoms with Crippen LogP contribution < -0.4 is 9.75 Å². The third-order valence-corrected chi connectivity index (χ3v) is 6.09. The number of aromatic nitrogens is 1. The highest BCUT2D eigenvalue weighted by Gasteiger charge is 2.23. The largest absolute Gasteiger partial charge is 0.497 e. The molecule has 0 aliphatic heterocycles. The van der Waals surface area contributed by atoms with Gasteiger partial charge < -0.3 is 9.15 Å². The minimum atomic E-state index is -0.645. The van der Waals surface area contributed by atoms with Crippen LogP contribution in [0.15, 0.2) is 64.1 Å². The van der Waals surface area contributed by atoms with Gasteiger partial charge in [-0.2, -0.15) is 10.1 Å². The summed E-state index contributed by atoms with van der Waals surface area (Å²) in [5.74, 6) is -0.00281. The lowest BCUT2D eigenvalue weighted by Gasteiger charge is -2.14. The SMILES string of the molecule is COc1ccc2nc(N(/N=C/c3ccc([N+](=O)[O-])o3)C(=O)c3ccccc3I)sc2c1. The zero-order valence-corrected chi connectivity index (χ0v) is 18.9. The average molecular weight is 548 g/mol. The number of carbonyl (C=O) groups is 1. The van der Waals surface area contributed by atoms with E-state index in [9.17, 15) is 14.9 Å². The number of carbonyl (C=O) groups excluding carboxylic acids is 1. The average Bonchev–Trinajstić information content (AvgIpc) is 3.40. The standard InChI is InChI=1S/C20H13IN4O5S/c1-29-12-6-8-16-17(10-12)31-20(23-16)24(19(26)14-4-2-3-5-15(14)21)22-11-13-7-9-18(30-13)25(27)28/h2-11H,1H3/b22-11+. The summed E-state index contributed by atoms with van der Waals surface area (Å²) in [6, 6.07) is 15.1. The number of benzene rings is 2. The molecule has 0 spiro atoms. The van der Waals surface area contributed by atoms with E-state index >= 15 is 0 Å². The molecule has 0 saturated carbocycles. The molecule has 156 valence electrons. The first-order chi connectivity index (χ1) is 15.0. The molecule has 0 bridgehead atoms. The Hall–Kier alpha value is -3.32. The smallest absolute Gasteiger partial charge is 0.433 e. The van der Waals surface area contributed by atoms with E-state index in [-0.39, 0.29) is 5.76 Å². The minimum absolute atomic E-state index is 0.134. The van der Waals surface area contributed by atoms with Gasteiger partial charge in [0.1, 0.15) is 10.7 Å². The van der Waals surface area contributed by atoms with E-state index in [0.717, 1.165) is 13.3 Å². The lowest BCUT2D eigenvalue weighted by Crippen LogP contribution is -2.26. The molecule has 0 N–H and O–H groups in total. The molecule has 2 heterocycles.